The lowest BCUT2D eigenvalue weighted by Crippen LogP contribution is -2.22. The van der Waals surface area contributed by atoms with Gasteiger partial charge >= 0.3 is 0 Å². The van der Waals surface area contributed by atoms with E-state index in [1.54, 1.807) is 36.4 Å². The Bertz CT molecular complexity index is 1000. The van der Waals surface area contributed by atoms with Crippen LogP contribution >= 0.6 is 22.9 Å². The standard InChI is InChI=1S/C21H21ClN4O2S/c1-13(2)10-18-25-26-21(29-18)20(28)24-17-8-6-15(7-9-17)19(27)23-12-14-4-3-5-16(22)11-14/h3-9,11,13H,10,12H2,1-2H3,(H,23,27)(H,24,28). The molecule has 150 valence electrons. The zero-order valence-electron chi connectivity index (χ0n) is 16.1. The maximum atomic E-state index is 12.3. The number of nitrogens with one attached hydrogen (secondary N) is 2. The van der Waals surface area contributed by atoms with Gasteiger partial charge in [-0.05, 0) is 47.9 Å². The Labute approximate surface area is 178 Å². The summed E-state index contributed by atoms with van der Waals surface area (Å²) in [6.07, 6.45) is 0.796. The number of halogens is 1. The molecule has 0 fully saturated rings. The van der Waals surface area contributed by atoms with Crippen molar-refractivity contribution in [3.8, 4) is 0 Å². The molecule has 29 heavy (non-hydrogen) atoms. The summed E-state index contributed by atoms with van der Waals surface area (Å²) in [6.45, 7) is 4.56. The van der Waals surface area contributed by atoms with Crippen LogP contribution in [0.3, 0.4) is 0 Å². The number of carbonyl (C=O) groups is 2. The number of hydrogen-bond donors (Lipinski definition) is 2. The van der Waals surface area contributed by atoms with Crippen molar-refractivity contribution in [3.05, 3.63) is 74.7 Å². The average molecular weight is 429 g/mol. The largest absolute Gasteiger partial charge is 0.348 e. The highest BCUT2D eigenvalue weighted by Crippen LogP contribution is 2.17. The molecule has 0 saturated heterocycles. The van der Waals surface area contributed by atoms with Crippen LogP contribution in [0, 0.1) is 5.92 Å². The van der Waals surface area contributed by atoms with Crippen LogP contribution in [0.15, 0.2) is 48.5 Å². The third-order valence-corrected chi connectivity index (χ3v) is 5.17. The molecule has 0 aliphatic carbocycles. The topological polar surface area (TPSA) is 84.0 Å². The molecule has 0 unspecified atom stereocenters. The van der Waals surface area contributed by atoms with Gasteiger partial charge in [0.25, 0.3) is 11.8 Å². The van der Waals surface area contributed by atoms with Gasteiger partial charge in [-0.3, -0.25) is 9.59 Å². The summed E-state index contributed by atoms with van der Waals surface area (Å²) in [4.78, 5) is 24.6. The van der Waals surface area contributed by atoms with Crippen molar-refractivity contribution in [2.24, 2.45) is 5.92 Å². The zero-order valence-corrected chi connectivity index (χ0v) is 17.7. The van der Waals surface area contributed by atoms with Gasteiger partial charge in [0.15, 0.2) is 0 Å². The molecule has 2 N–H and O–H groups in total. The van der Waals surface area contributed by atoms with Crippen LogP contribution in [0.5, 0.6) is 0 Å². The highest BCUT2D eigenvalue weighted by Gasteiger charge is 2.14. The molecule has 0 spiro atoms. The lowest BCUT2D eigenvalue weighted by molar-refractivity contribution is 0.0950. The Morgan fingerprint density at radius 1 is 1.07 bits per heavy atom. The minimum Gasteiger partial charge on any atom is -0.348 e. The maximum absolute atomic E-state index is 12.3. The third-order valence-electron chi connectivity index (χ3n) is 3.99. The van der Waals surface area contributed by atoms with E-state index in [4.69, 9.17) is 11.6 Å². The van der Waals surface area contributed by atoms with E-state index in [2.05, 4.69) is 34.7 Å². The molecule has 3 aromatic rings. The second kappa shape index (κ2) is 9.62. The Kier molecular flexibility index (Phi) is 6.95. The molecule has 2 amide bonds. The van der Waals surface area contributed by atoms with Gasteiger partial charge in [0.05, 0.1) is 0 Å². The summed E-state index contributed by atoms with van der Waals surface area (Å²) < 4.78 is 0. The summed E-state index contributed by atoms with van der Waals surface area (Å²) >= 11 is 7.24. The number of benzene rings is 2. The Morgan fingerprint density at radius 3 is 2.52 bits per heavy atom. The van der Waals surface area contributed by atoms with Crippen LogP contribution in [0.25, 0.3) is 0 Å². The van der Waals surface area contributed by atoms with Gasteiger partial charge in [0.1, 0.15) is 5.01 Å². The first-order valence-corrected chi connectivity index (χ1v) is 10.4. The molecule has 0 saturated carbocycles. The lowest BCUT2D eigenvalue weighted by Gasteiger charge is -2.07. The molecule has 1 aromatic heterocycles. The van der Waals surface area contributed by atoms with Gasteiger partial charge in [-0.1, -0.05) is 48.9 Å². The normalized spacial score (nSPS) is 10.8. The fourth-order valence-corrected chi connectivity index (χ4v) is 3.76. The van der Waals surface area contributed by atoms with E-state index < -0.39 is 0 Å². The third kappa shape index (κ3) is 6.10. The first-order valence-electron chi connectivity index (χ1n) is 9.17. The van der Waals surface area contributed by atoms with Crippen LogP contribution in [-0.2, 0) is 13.0 Å². The molecule has 6 nitrogen and oxygen atoms in total. The molecule has 8 heteroatoms. The smallest absolute Gasteiger partial charge is 0.286 e. The van der Waals surface area contributed by atoms with E-state index in [1.165, 1.54) is 11.3 Å². The molecular weight excluding hydrogens is 408 g/mol. The first kappa shape index (κ1) is 21.0. The second-order valence-electron chi connectivity index (χ2n) is 6.94. The molecule has 0 atom stereocenters. The van der Waals surface area contributed by atoms with E-state index in [1.807, 2.05) is 12.1 Å². The number of anilines is 1. The molecular formula is C21H21ClN4O2S. The molecule has 3 rings (SSSR count). The summed E-state index contributed by atoms with van der Waals surface area (Å²) in [5.74, 6) is -0.0580. The summed E-state index contributed by atoms with van der Waals surface area (Å²) in [6, 6.07) is 14.0. The summed E-state index contributed by atoms with van der Waals surface area (Å²) in [7, 11) is 0. The highest BCUT2D eigenvalue weighted by molar-refractivity contribution is 7.13. The van der Waals surface area contributed by atoms with Crippen molar-refractivity contribution < 1.29 is 9.59 Å². The number of carbonyl (C=O) groups excluding carboxylic acids is 2. The van der Waals surface area contributed by atoms with E-state index in [0.717, 1.165) is 17.0 Å². The first-order chi connectivity index (χ1) is 13.9. The monoisotopic (exact) mass is 428 g/mol. The minimum atomic E-state index is -0.310. The van der Waals surface area contributed by atoms with Gasteiger partial charge in [-0.15, -0.1) is 10.2 Å². The van der Waals surface area contributed by atoms with Gasteiger partial charge in [-0.2, -0.15) is 0 Å². The van der Waals surface area contributed by atoms with Crippen LogP contribution in [-0.4, -0.2) is 22.0 Å². The van der Waals surface area contributed by atoms with Gasteiger partial charge in [0.2, 0.25) is 5.01 Å². The molecule has 0 bridgehead atoms. The van der Waals surface area contributed by atoms with E-state index >= 15 is 0 Å². The maximum Gasteiger partial charge on any atom is 0.286 e. The molecule has 1 heterocycles. The second-order valence-corrected chi connectivity index (χ2v) is 8.44. The van der Waals surface area contributed by atoms with Crippen molar-refractivity contribution in [3.63, 3.8) is 0 Å². The molecule has 0 radical (unpaired) electrons. The SMILES string of the molecule is CC(C)Cc1nnc(C(=O)Nc2ccc(C(=O)NCc3cccc(Cl)c3)cc2)s1. The number of aromatic nitrogens is 2. The van der Waals surface area contributed by atoms with Crippen molar-refractivity contribution in [2.75, 3.05) is 5.32 Å². The van der Waals surface area contributed by atoms with Crippen LogP contribution < -0.4 is 10.6 Å². The summed E-state index contributed by atoms with van der Waals surface area (Å²) in [5.41, 5.74) is 2.01. The quantitative estimate of drug-likeness (QED) is 0.577. The molecule has 0 aliphatic rings. The Morgan fingerprint density at radius 2 is 1.83 bits per heavy atom. The number of amides is 2. The van der Waals surface area contributed by atoms with Gasteiger partial charge < -0.3 is 10.6 Å². The van der Waals surface area contributed by atoms with Crippen LogP contribution in [0.2, 0.25) is 5.02 Å². The van der Waals surface area contributed by atoms with Crippen LogP contribution in [0.1, 0.15) is 44.6 Å². The Hall–Kier alpha value is -2.77. The van der Waals surface area contributed by atoms with Crippen molar-refractivity contribution in [1.29, 1.82) is 0 Å². The fourth-order valence-electron chi connectivity index (χ4n) is 2.60. The summed E-state index contributed by atoms with van der Waals surface area (Å²) in [5, 5.41) is 15.4. The number of nitrogens with zero attached hydrogens (tertiary/aromatic N) is 2. The number of rotatable bonds is 7. The van der Waals surface area contributed by atoms with Crippen molar-refractivity contribution in [2.45, 2.75) is 26.8 Å². The number of hydrogen-bond acceptors (Lipinski definition) is 5. The highest BCUT2D eigenvalue weighted by atomic mass is 35.5. The van der Waals surface area contributed by atoms with Crippen molar-refractivity contribution in [1.82, 2.24) is 15.5 Å². The van der Waals surface area contributed by atoms with Gasteiger partial charge in [0, 0.05) is 29.2 Å². The minimum absolute atomic E-state index is 0.203. The predicted molar refractivity (Wildman–Crippen MR) is 115 cm³/mol. The predicted octanol–water partition coefficient (Wildman–Crippen LogP) is 4.57. The Balaban J connectivity index is 1.55. The van der Waals surface area contributed by atoms with Gasteiger partial charge in [-0.25, -0.2) is 0 Å². The van der Waals surface area contributed by atoms with E-state index in [9.17, 15) is 9.59 Å². The van der Waals surface area contributed by atoms with Crippen molar-refractivity contribution >= 4 is 40.4 Å². The molecule has 0 aliphatic heterocycles. The average Bonchev–Trinajstić information content (AvgIpc) is 3.15. The molecule has 2 aromatic carbocycles. The lowest BCUT2D eigenvalue weighted by atomic mass is 10.1. The zero-order chi connectivity index (χ0) is 20.8. The fraction of sp³-hybridized carbons (Fsp3) is 0.238. The van der Waals surface area contributed by atoms with E-state index in [0.29, 0.717) is 33.7 Å². The van der Waals surface area contributed by atoms with E-state index in [-0.39, 0.29) is 11.8 Å². The van der Waals surface area contributed by atoms with Crippen LogP contribution in [0.4, 0.5) is 5.69 Å².